The van der Waals surface area contributed by atoms with Crippen molar-refractivity contribution in [3.8, 4) is 5.75 Å². The number of nitrogens with zero attached hydrogens (tertiary/aromatic N) is 1. The topological polar surface area (TPSA) is 70.7 Å². The number of methoxy groups -OCH3 is 1. The zero-order valence-corrected chi connectivity index (χ0v) is 14.8. The summed E-state index contributed by atoms with van der Waals surface area (Å²) in [5.41, 5.74) is 0.916. The second-order valence-electron chi connectivity index (χ2n) is 6.84. The van der Waals surface area contributed by atoms with E-state index < -0.39 is 0 Å². The highest BCUT2D eigenvalue weighted by molar-refractivity contribution is 5.80. The number of benzene rings is 1. The minimum absolute atomic E-state index is 0.102. The van der Waals surface area contributed by atoms with Crippen molar-refractivity contribution in [3.05, 3.63) is 29.8 Å². The fourth-order valence-corrected chi connectivity index (χ4v) is 3.59. The van der Waals surface area contributed by atoms with E-state index in [0.717, 1.165) is 43.7 Å². The number of ether oxygens (including phenoxy) is 1. The summed E-state index contributed by atoms with van der Waals surface area (Å²) in [6.07, 6.45) is 2.92. The fourth-order valence-electron chi connectivity index (χ4n) is 3.59. The Kier molecular flexibility index (Phi) is 5.91. The molecule has 2 fully saturated rings. The zero-order chi connectivity index (χ0) is 17.6. The Morgan fingerprint density at radius 1 is 1.24 bits per heavy atom. The molecular weight excluding hydrogens is 318 g/mol. The molecule has 0 radical (unpaired) electrons. The third-order valence-corrected chi connectivity index (χ3v) is 5.16. The van der Waals surface area contributed by atoms with Crippen molar-refractivity contribution in [1.29, 1.82) is 0 Å². The van der Waals surface area contributed by atoms with Crippen LogP contribution in [0.15, 0.2) is 24.3 Å². The van der Waals surface area contributed by atoms with Crippen LogP contribution in [0.25, 0.3) is 0 Å². The van der Waals surface area contributed by atoms with Gasteiger partial charge in [0.15, 0.2) is 0 Å². The van der Waals surface area contributed by atoms with E-state index in [0.29, 0.717) is 19.5 Å². The van der Waals surface area contributed by atoms with Crippen molar-refractivity contribution < 1.29 is 14.3 Å². The van der Waals surface area contributed by atoms with Crippen LogP contribution in [0.2, 0.25) is 0 Å². The Balaban J connectivity index is 1.46. The molecule has 6 heteroatoms. The van der Waals surface area contributed by atoms with Gasteiger partial charge >= 0.3 is 0 Å². The Hall–Kier alpha value is -2.08. The standard InChI is InChI=1S/C19H27N3O3/c1-25-17-5-3-2-4-14(17)12-18(23)22-10-7-16(8-11-22)21-19(24)15-6-9-20-13-15/h2-5,15-16,20H,6-13H2,1H3,(H,21,24). The largest absolute Gasteiger partial charge is 0.496 e. The average molecular weight is 345 g/mol. The van der Waals surface area contributed by atoms with E-state index in [2.05, 4.69) is 10.6 Å². The lowest BCUT2D eigenvalue weighted by atomic mass is 10.0. The van der Waals surface area contributed by atoms with E-state index in [4.69, 9.17) is 4.74 Å². The molecule has 6 nitrogen and oxygen atoms in total. The van der Waals surface area contributed by atoms with Crippen LogP contribution in [0, 0.1) is 5.92 Å². The van der Waals surface area contributed by atoms with Gasteiger partial charge in [0.25, 0.3) is 0 Å². The van der Waals surface area contributed by atoms with E-state index in [1.54, 1.807) is 7.11 Å². The Labute approximate surface area is 148 Å². The summed E-state index contributed by atoms with van der Waals surface area (Å²) in [5, 5.41) is 6.37. The summed E-state index contributed by atoms with van der Waals surface area (Å²) in [5.74, 6) is 1.13. The summed E-state index contributed by atoms with van der Waals surface area (Å²) in [4.78, 5) is 26.6. The van der Waals surface area contributed by atoms with Gasteiger partial charge in [0.1, 0.15) is 5.75 Å². The lowest BCUT2D eigenvalue weighted by Crippen LogP contribution is -2.48. The highest BCUT2D eigenvalue weighted by Gasteiger charge is 2.28. The van der Waals surface area contributed by atoms with Gasteiger partial charge in [-0.1, -0.05) is 18.2 Å². The summed E-state index contributed by atoms with van der Waals surface area (Å²) in [6, 6.07) is 7.82. The SMILES string of the molecule is COc1ccccc1CC(=O)N1CCC(NC(=O)C2CCNC2)CC1. The lowest BCUT2D eigenvalue weighted by molar-refractivity contribution is -0.131. The van der Waals surface area contributed by atoms with Crippen molar-refractivity contribution in [3.63, 3.8) is 0 Å². The first-order chi connectivity index (χ1) is 12.2. The van der Waals surface area contributed by atoms with Gasteiger partial charge in [-0.2, -0.15) is 0 Å². The van der Waals surface area contributed by atoms with Crippen molar-refractivity contribution >= 4 is 11.8 Å². The fraction of sp³-hybridized carbons (Fsp3) is 0.579. The quantitative estimate of drug-likeness (QED) is 0.834. The average Bonchev–Trinajstić information content (AvgIpc) is 3.17. The molecule has 1 aromatic carbocycles. The third-order valence-electron chi connectivity index (χ3n) is 5.16. The Bertz CT molecular complexity index is 606. The van der Waals surface area contributed by atoms with Gasteiger partial charge in [0.2, 0.25) is 11.8 Å². The predicted octanol–water partition coefficient (Wildman–Crippen LogP) is 0.954. The highest BCUT2D eigenvalue weighted by atomic mass is 16.5. The zero-order valence-electron chi connectivity index (χ0n) is 14.8. The van der Waals surface area contributed by atoms with Crippen molar-refractivity contribution in [2.45, 2.75) is 31.7 Å². The summed E-state index contributed by atoms with van der Waals surface area (Å²) in [7, 11) is 1.62. The molecule has 0 spiro atoms. The minimum Gasteiger partial charge on any atom is -0.496 e. The van der Waals surface area contributed by atoms with Gasteiger partial charge in [-0.25, -0.2) is 0 Å². The maximum Gasteiger partial charge on any atom is 0.227 e. The van der Waals surface area contributed by atoms with Crippen LogP contribution in [-0.2, 0) is 16.0 Å². The summed E-state index contributed by atoms with van der Waals surface area (Å²) in [6.45, 7) is 3.10. The molecular formula is C19H27N3O3. The number of likely N-dealkylation sites (tertiary alicyclic amines) is 1. The van der Waals surface area contributed by atoms with E-state index in [1.165, 1.54) is 0 Å². The third kappa shape index (κ3) is 4.51. The summed E-state index contributed by atoms with van der Waals surface area (Å²) >= 11 is 0. The lowest BCUT2D eigenvalue weighted by Gasteiger charge is -2.33. The number of carbonyl (C=O) groups excluding carboxylic acids is 2. The minimum atomic E-state index is 0.102. The number of carbonyl (C=O) groups is 2. The summed E-state index contributed by atoms with van der Waals surface area (Å²) < 4.78 is 5.32. The van der Waals surface area contributed by atoms with Crippen LogP contribution in [0.5, 0.6) is 5.75 Å². The number of para-hydroxylation sites is 1. The van der Waals surface area contributed by atoms with Gasteiger partial charge in [0, 0.05) is 31.2 Å². The van der Waals surface area contributed by atoms with Crippen LogP contribution in [-0.4, -0.2) is 56.0 Å². The van der Waals surface area contributed by atoms with Gasteiger partial charge in [-0.3, -0.25) is 9.59 Å². The second kappa shape index (κ2) is 8.34. The first-order valence-corrected chi connectivity index (χ1v) is 9.08. The Morgan fingerprint density at radius 3 is 2.68 bits per heavy atom. The van der Waals surface area contributed by atoms with Gasteiger partial charge in [-0.15, -0.1) is 0 Å². The molecule has 1 unspecified atom stereocenters. The van der Waals surface area contributed by atoms with Gasteiger partial charge in [-0.05, 0) is 31.9 Å². The molecule has 0 bridgehead atoms. The number of amides is 2. The maximum atomic E-state index is 12.5. The Morgan fingerprint density at radius 2 is 2.00 bits per heavy atom. The molecule has 25 heavy (non-hydrogen) atoms. The normalized spacial score (nSPS) is 21.2. The molecule has 2 heterocycles. The van der Waals surface area contributed by atoms with Crippen molar-refractivity contribution in [1.82, 2.24) is 15.5 Å². The van der Waals surface area contributed by atoms with E-state index >= 15 is 0 Å². The highest BCUT2D eigenvalue weighted by Crippen LogP contribution is 2.20. The van der Waals surface area contributed by atoms with Crippen LogP contribution < -0.4 is 15.4 Å². The first kappa shape index (κ1) is 17.7. The molecule has 0 aromatic heterocycles. The first-order valence-electron chi connectivity index (χ1n) is 9.08. The number of hydrogen-bond donors (Lipinski definition) is 2. The van der Waals surface area contributed by atoms with Crippen LogP contribution in [0.1, 0.15) is 24.8 Å². The molecule has 1 atom stereocenters. The smallest absolute Gasteiger partial charge is 0.227 e. The van der Waals surface area contributed by atoms with Crippen molar-refractivity contribution in [2.75, 3.05) is 33.3 Å². The number of hydrogen-bond acceptors (Lipinski definition) is 4. The van der Waals surface area contributed by atoms with E-state index in [9.17, 15) is 9.59 Å². The number of nitrogens with one attached hydrogen (secondary N) is 2. The molecule has 3 rings (SSSR count). The van der Waals surface area contributed by atoms with Gasteiger partial charge < -0.3 is 20.3 Å². The molecule has 1 aromatic rings. The number of rotatable bonds is 5. The molecule has 136 valence electrons. The molecule has 2 N–H and O–H groups in total. The molecule has 2 amide bonds. The molecule has 0 aliphatic carbocycles. The van der Waals surface area contributed by atoms with Crippen LogP contribution >= 0.6 is 0 Å². The van der Waals surface area contributed by atoms with Crippen molar-refractivity contribution in [2.24, 2.45) is 5.92 Å². The monoisotopic (exact) mass is 345 g/mol. The number of piperidine rings is 1. The van der Waals surface area contributed by atoms with E-state index in [-0.39, 0.29) is 23.8 Å². The van der Waals surface area contributed by atoms with Gasteiger partial charge in [0.05, 0.1) is 19.4 Å². The molecule has 2 aliphatic rings. The van der Waals surface area contributed by atoms with Crippen LogP contribution in [0.4, 0.5) is 0 Å². The predicted molar refractivity (Wildman–Crippen MR) is 95.4 cm³/mol. The maximum absolute atomic E-state index is 12.5. The molecule has 2 saturated heterocycles. The molecule has 0 saturated carbocycles. The molecule has 2 aliphatic heterocycles. The van der Waals surface area contributed by atoms with Crippen LogP contribution in [0.3, 0.4) is 0 Å². The van der Waals surface area contributed by atoms with E-state index in [1.807, 2.05) is 29.2 Å². The second-order valence-corrected chi connectivity index (χ2v) is 6.84.